The number of aliphatic hydroxyl groups excluding tert-OH is 2. The Morgan fingerprint density at radius 3 is 2.89 bits per heavy atom. The molecular formula is C18H22ClN3O5. The van der Waals surface area contributed by atoms with Crippen LogP contribution in [0.2, 0.25) is 5.02 Å². The molecule has 1 saturated heterocycles. The van der Waals surface area contributed by atoms with E-state index in [4.69, 9.17) is 11.6 Å². The molecule has 0 unspecified atom stereocenters. The number of rotatable bonds is 4. The van der Waals surface area contributed by atoms with E-state index in [-0.39, 0.29) is 18.5 Å². The fourth-order valence-electron chi connectivity index (χ4n) is 3.67. The highest BCUT2D eigenvalue weighted by Gasteiger charge is 2.34. The SMILES string of the molecule is Cc1cc(Cl)cc2c(=O)n(C[C@@H](O)C[C@@H]3[C@@H](O)CCCN3C(=O)O)cnc12. The molecule has 0 spiro atoms. The van der Waals surface area contributed by atoms with Gasteiger partial charge in [-0.1, -0.05) is 11.6 Å². The zero-order chi connectivity index (χ0) is 19.7. The zero-order valence-corrected chi connectivity index (χ0v) is 15.6. The largest absolute Gasteiger partial charge is 0.465 e. The number of carboxylic acid groups (broad SMARTS) is 1. The summed E-state index contributed by atoms with van der Waals surface area (Å²) in [5.74, 6) is 0. The second kappa shape index (κ2) is 7.84. The standard InChI is InChI=1S/C18H22ClN3O5/c1-10-5-11(19)6-13-16(10)20-9-21(17(13)25)8-12(23)7-14-15(24)3-2-4-22(14)18(26)27/h5-6,9,12,14-15,23-24H,2-4,7-8H2,1H3,(H,26,27)/t12-,14+,15-/m0/s1. The molecule has 27 heavy (non-hydrogen) atoms. The molecule has 3 rings (SSSR count). The molecule has 8 nitrogen and oxygen atoms in total. The molecule has 1 aromatic heterocycles. The van der Waals surface area contributed by atoms with Gasteiger partial charge in [0.15, 0.2) is 0 Å². The van der Waals surface area contributed by atoms with Crippen molar-refractivity contribution in [2.24, 2.45) is 0 Å². The third-order valence-corrected chi connectivity index (χ3v) is 5.21. The zero-order valence-electron chi connectivity index (χ0n) is 14.9. The number of likely N-dealkylation sites (tertiary alicyclic amines) is 1. The van der Waals surface area contributed by atoms with Crippen molar-refractivity contribution in [1.29, 1.82) is 0 Å². The van der Waals surface area contributed by atoms with Gasteiger partial charge in [0.1, 0.15) is 0 Å². The fourth-order valence-corrected chi connectivity index (χ4v) is 3.95. The van der Waals surface area contributed by atoms with Crippen LogP contribution >= 0.6 is 11.6 Å². The number of aliphatic hydroxyl groups is 2. The molecule has 1 aliphatic heterocycles. The highest BCUT2D eigenvalue weighted by Crippen LogP contribution is 2.23. The second-order valence-electron chi connectivity index (χ2n) is 6.96. The molecule has 0 saturated carbocycles. The maximum atomic E-state index is 12.7. The summed E-state index contributed by atoms with van der Waals surface area (Å²) in [6, 6.07) is 2.56. The van der Waals surface area contributed by atoms with Crippen molar-refractivity contribution < 1.29 is 20.1 Å². The fraction of sp³-hybridized carbons (Fsp3) is 0.500. The monoisotopic (exact) mass is 395 g/mol. The Kier molecular flexibility index (Phi) is 5.69. The Morgan fingerprint density at radius 1 is 1.44 bits per heavy atom. The minimum atomic E-state index is -1.12. The van der Waals surface area contributed by atoms with Gasteiger partial charge in [-0.05, 0) is 43.9 Å². The lowest BCUT2D eigenvalue weighted by molar-refractivity contribution is -0.00935. The van der Waals surface area contributed by atoms with Crippen molar-refractivity contribution >= 4 is 28.6 Å². The number of aromatic nitrogens is 2. The lowest BCUT2D eigenvalue weighted by Crippen LogP contribution is -2.52. The number of hydrogen-bond acceptors (Lipinski definition) is 5. The van der Waals surface area contributed by atoms with Crippen molar-refractivity contribution in [1.82, 2.24) is 14.5 Å². The van der Waals surface area contributed by atoms with Crippen LogP contribution in [0, 0.1) is 6.92 Å². The molecule has 0 aliphatic carbocycles. The molecule has 1 fully saturated rings. The normalized spacial score (nSPS) is 21.4. The quantitative estimate of drug-likeness (QED) is 0.724. The van der Waals surface area contributed by atoms with Crippen molar-refractivity contribution in [3.8, 4) is 0 Å². The van der Waals surface area contributed by atoms with Crippen molar-refractivity contribution in [2.75, 3.05) is 6.54 Å². The number of nitrogens with zero attached hydrogens (tertiary/aromatic N) is 3. The molecule has 1 aliphatic rings. The van der Waals surface area contributed by atoms with Crippen molar-refractivity contribution in [3.63, 3.8) is 0 Å². The molecule has 9 heteroatoms. The number of halogens is 1. The minimum Gasteiger partial charge on any atom is -0.465 e. The number of amides is 1. The van der Waals surface area contributed by atoms with Gasteiger partial charge >= 0.3 is 6.09 Å². The topological polar surface area (TPSA) is 116 Å². The van der Waals surface area contributed by atoms with Gasteiger partial charge in [0, 0.05) is 11.6 Å². The van der Waals surface area contributed by atoms with Gasteiger partial charge in [0.25, 0.3) is 5.56 Å². The Morgan fingerprint density at radius 2 is 2.19 bits per heavy atom. The van der Waals surface area contributed by atoms with Gasteiger partial charge in [-0.25, -0.2) is 9.78 Å². The summed E-state index contributed by atoms with van der Waals surface area (Å²) in [6.45, 7) is 2.08. The number of benzene rings is 1. The van der Waals surface area contributed by atoms with E-state index < -0.39 is 24.3 Å². The van der Waals surface area contributed by atoms with E-state index in [0.29, 0.717) is 35.3 Å². The third-order valence-electron chi connectivity index (χ3n) is 4.99. The maximum absolute atomic E-state index is 12.7. The van der Waals surface area contributed by atoms with Crippen LogP contribution < -0.4 is 5.56 Å². The first-order valence-corrected chi connectivity index (χ1v) is 9.16. The van der Waals surface area contributed by atoms with E-state index in [0.717, 1.165) is 10.5 Å². The molecule has 0 bridgehead atoms. The smallest absolute Gasteiger partial charge is 0.407 e. The van der Waals surface area contributed by atoms with Gasteiger partial charge in [-0.3, -0.25) is 9.36 Å². The summed E-state index contributed by atoms with van der Waals surface area (Å²) >= 11 is 6.03. The Bertz CT molecular complexity index is 916. The predicted molar refractivity (Wildman–Crippen MR) is 100 cm³/mol. The van der Waals surface area contributed by atoms with E-state index in [1.54, 1.807) is 12.1 Å². The van der Waals surface area contributed by atoms with Crippen LogP contribution in [-0.4, -0.2) is 60.7 Å². The number of piperidine rings is 1. The van der Waals surface area contributed by atoms with Gasteiger partial charge in [-0.15, -0.1) is 0 Å². The van der Waals surface area contributed by atoms with Gasteiger partial charge in [0.2, 0.25) is 0 Å². The maximum Gasteiger partial charge on any atom is 0.407 e. The lowest BCUT2D eigenvalue weighted by atomic mass is 9.94. The Balaban J connectivity index is 1.81. The number of aryl methyl sites for hydroxylation is 1. The lowest BCUT2D eigenvalue weighted by Gasteiger charge is -2.38. The van der Waals surface area contributed by atoms with E-state index in [9.17, 15) is 24.9 Å². The molecule has 3 N–H and O–H groups in total. The minimum absolute atomic E-state index is 0.0342. The predicted octanol–water partition coefficient (Wildman–Crippen LogP) is 1.61. The molecule has 1 aromatic carbocycles. The number of fused-ring (bicyclic) bond motifs is 1. The number of hydrogen-bond donors (Lipinski definition) is 3. The van der Waals surface area contributed by atoms with E-state index in [1.807, 2.05) is 6.92 Å². The second-order valence-corrected chi connectivity index (χ2v) is 7.40. The van der Waals surface area contributed by atoms with Crippen LogP contribution in [0.25, 0.3) is 10.9 Å². The summed E-state index contributed by atoms with van der Waals surface area (Å²) in [7, 11) is 0. The summed E-state index contributed by atoms with van der Waals surface area (Å²) in [4.78, 5) is 29.5. The molecule has 2 aromatic rings. The van der Waals surface area contributed by atoms with Gasteiger partial charge in [-0.2, -0.15) is 0 Å². The van der Waals surface area contributed by atoms with Crippen molar-refractivity contribution in [3.05, 3.63) is 39.4 Å². The number of carbonyl (C=O) groups is 1. The average Bonchev–Trinajstić information content (AvgIpc) is 2.59. The molecule has 3 atom stereocenters. The summed E-state index contributed by atoms with van der Waals surface area (Å²) < 4.78 is 1.28. The average molecular weight is 396 g/mol. The highest BCUT2D eigenvalue weighted by molar-refractivity contribution is 6.31. The van der Waals surface area contributed by atoms with Crippen LogP contribution in [-0.2, 0) is 6.54 Å². The van der Waals surface area contributed by atoms with Crippen LogP contribution in [0.15, 0.2) is 23.3 Å². The van der Waals surface area contributed by atoms with Crippen LogP contribution in [0.5, 0.6) is 0 Å². The van der Waals surface area contributed by atoms with E-state index in [1.165, 1.54) is 10.9 Å². The first-order chi connectivity index (χ1) is 12.8. The highest BCUT2D eigenvalue weighted by atomic mass is 35.5. The summed E-state index contributed by atoms with van der Waals surface area (Å²) in [6.07, 6.45) is -0.516. The van der Waals surface area contributed by atoms with Gasteiger partial charge in [0.05, 0.1) is 42.0 Å². The molecule has 146 valence electrons. The van der Waals surface area contributed by atoms with Crippen molar-refractivity contribution in [2.45, 2.75) is 51.0 Å². The third kappa shape index (κ3) is 4.07. The molecule has 2 heterocycles. The van der Waals surface area contributed by atoms with Crippen LogP contribution in [0.3, 0.4) is 0 Å². The first kappa shape index (κ1) is 19.6. The van der Waals surface area contributed by atoms with E-state index in [2.05, 4.69) is 4.98 Å². The Labute approximate surface area is 160 Å². The van der Waals surface area contributed by atoms with Gasteiger partial charge < -0.3 is 20.2 Å². The molecule has 0 radical (unpaired) electrons. The first-order valence-electron chi connectivity index (χ1n) is 8.79. The van der Waals surface area contributed by atoms with Crippen LogP contribution in [0.1, 0.15) is 24.8 Å². The summed E-state index contributed by atoms with van der Waals surface area (Å²) in [5, 5.41) is 30.7. The summed E-state index contributed by atoms with van der Waals surface area (Å²) in [5.41, 5.74) is 1.00. The molecular weight excluding hydrogens is 374 g/mol. The van der Waals surface area contributed by atoms with Crippen LogP contribution in [0.4, 0.5) is 4.79 Å². The Hall–Kier alpha value is -2.16. The van der Waals surface area contributed by atoms with E-state index >= 15 is 0 Å². The molecule has 1 amide bonds.